The predicted molar refractivity (Wildman–Crippen MR) is 82.2 cm³/mol. The van der Waals surface area contributed by atoms with Gasteiger partial charge in [-0.25, -0.2) is 0 Å². The summed E-state index contributed by atoms with van der Waals surface area (Å²) in [4.78, 5) is 12.2. The molecule has 0 saturated carbocycles. The van der Waals surface area contributed by atoms with E-state index < -0.39 is 0 Å². The molecule has 19 heavy (non-hydrogen) atoms. The number of benzene rings is 1. The molecular formula is C15H22BrNO2. The second-order valence-corrected chi connectivity index (χ2v) is 6.26. The molecule has 1 amide bonds. The molecule has 0 bridgehead atoms. The number of alkyl halides is 1. The number of nitrogens with one attached hydrogen (secondary N) is 1. The van der Waals surface area contributed by atoms with E-state index in [0.29, 0.717) is 5.56 Å². The molecule has 0 aromatic heterocycles. The van der Waals surface area contributed by atoms with Gasteiger partial charge in [0.25, 0.3) is 5.91 Å². The Bertz CT molecular complexity index is 430. The van der Waals surface area contributed by atoms with Crippen molar-refractivity contribution in [3.63, 3.8) is 0 Å². The average molecular weight is 328 g/mol. The summed E-state index contributed by atoms with van der Waals surface area (Å²) >= 11 is 3.40. The summed E-state index contributed by atoms with van der Waals surface area (Å²) in [6, 6.07) is 7.27. The molecular weight excluding hydrogens is 306 g/mol. The van der Waals surface area contributed by atoms with Gasteiger partial charge in [0.15, 0.2) is 0 Å². The van der Waals surface area contributed by atoms with Crippen molar-refractivity contribution < 1.29 is 9.53 Å². The molecule has 1 aromatic carbocycles. The Hall–Kier alpha value is -1.03. The quantitative estimate of drug-likeness (QED) is 0.808. The van der Waals surface area contributed by atoms with Crippen LogP contribution in [0.2, 0.25) is 0 Å². The van der Waals surface area contributed by atoms with Crippen LogP contribution in [0, 0.1) is 0 Å². The Labute approximate surface area is 123 Å². The van der Waals surface area contributed by atoms with Crippen LogP contribution < -0.4 is 10.1 Å². The fraction of sp³-hybridized carbons (Fsp3) is 0.533. The van der Waals surface area contributed by atoms with E-state index >= 15 is 0 Å². The molecule has 1 aromatic rings. The number of ether oxygens (including phenoxy) is 1. The summed E-state index contributed by atoms with van der Waals surface area (Å²) in [5, 5.41) is 3.89. The Morgan fingerprint density at radius 3 is 2.68 bits per heavy atom. The predicted octanol–water partition coefficient (Wildman–Crippen LogP) is 3.77. The lowest BCUT2D eigenvalue weighted by atomic mass is 10.0. The largest absolute Gasteiger partial charge is 0.491 e. The summed E-state index contributed by atoms with van der Waals surface area (Å²) in [7, 11) is 0. The van der Waals surface area contributed by atoms with Gasteiger partial charge in [0, 0.05) is 16.4 Å². The topological polar surface area (TPSA) is 38.3 Å². The molecule has 0 spiro atoms. The molecule has 0 atom stereocenters. The Kier molecular flexibility index (Phi) is 5.85. The highest BCUT2D eigenvalue weighted by Gasteiger charge is 2.20. The molecule has 1 N–H and O–H groups in total. The maximum absolute atomic E-state index is 12.2. The van der Waals surface area contributed by atoms with Crippen LogP contribution in [0.1, 0.15) is 44.5 Å². The first kappa shape index (κ1) is 16.0. The third-order valence-corrected chi connectivity index (χ3v) is 3.04. The van der Waals surface area contributed by atoms with Crippen LogP contribution in [0.5, 0.6) is 5.75 Å². The number of rotatable bonds is 6. The van der Waals surface area contributed by atoms with E-state index in [0.717, 1.165) is 17.5 Å². The van der Waals surface area contributed by atoms with E-state index in [1.807, 2.05) is 39.8 Å². The number of hydrogen-bond donors (Lipinski definition) is 1. The zero-order chi connectivity index (χ0) is 14.5. The first-order chi connectivity index (χ1) is 8.84. The number of amides is 1. The van der Waals surface area contributed by atoms with Crippen molar-refractivity contribution in [1.29, 1.82) is 0 Å². The van der Waals surface area contributed by atoms with Crippen molar-refractivity contribution in [3.8, 4) is 5.75 Å². The average Bonchev–Trinajstić information content (AvgIpc) is 2.27. The molecule has 106 valence electrons. The number of carbonyl (C=O) groups is 1. The monoisotopic (exact) mass is 327 g/mol. The van der Waals surface area contributed by atoms with Crippen LogP contribution in [0.25, 0.3) is 0 Å². The SMILES string of the molecule is CC(C)Oc1cccc(C(=O)NC(C)(C)CCBr)c1. The van der Waals surface area contributed by atoms with Gasteiger partial charge in [-0.1, -0.05) is 22.0 Å². The highest BCUT2D eigenvalue weighted by molar-refractivity contribution is 9.09. The van der Waals surface area contributed by atoms with Crippen molar-refractivity contribution in [3.05, 3.63) is 29.8 Å². The van der Waals surface area contributed by atoms with Crippen molar-refractivity contribution >= 4 is 21.8 Å². The minimum absolute atomic E-state index is 0.0693. The Morgan fingerprint density at radius 1 is 1.42 bits per heavy atom. The summed E-state index contributed by atoms with van der Waals surface area (Å²) in [6.07, 6.45) is 0.976. The first-order valence-corrected chi connectivity index (χ1v) is 7.61. The highest BCUT2D eigenvalue weighted by atomic mass is 79.9. The maximum atomic E-state index is 12.2. The van der Waals surface area contributed by atoms with Gasteiger partial charge >= 0.3 is 0 Å². The van der Waals surface area contributed by atoms with Gasteiger partial charge in [0.2, 0.25) is 0 Å². The lowest BCUT2D eigenvalue weighted by molar-refractivity contribution is 0.0911. The third-order valence-electron chi connectivity index (χ3n) is 2.64. The summed E-state index contributed by atoms with van der Waals surface area (Å²) in [5.74, 6) is 0.654. The number of halogens is 1. The second kappa shape index (κ2) is 6.94. The van der Waals surface area contributed by atoms with Crippen LogP contribution >= 0.6 is 15.9 Å². The molecule has 0 aliphatic carbocycles. The second-order valence-electron chi connectivity index (χ2n) is 5.47. The molecule has 0 heterocycles. The van der Waals surface area contributed by atoms with Gasteiger partial charge in [-0.05, 0) is 52.3 Å². The van der Waals surface area contributed by atoms with E-state index in [4.69, 9.17) is 4.74 Å². The van der Waals surface area contributed by atoms with Gasteiger partial charge in [0.1, 0.15) is 5.75 Å². The zero-order valence-corrected chi connectivity index (χ0v) is 13.6. The standard InChI is InChI=1S/C15H22BrNO2/c1-11(2)19-13-7-5-6-12(10-13)14(18)17-15(3,4)8-9-16/h5-7,10-11H,8-9H2,1-4H3,(H,17,18). The molecule has 0 aliphatic heterocycles. The molecule has 4 heteroatoms. The van der Waals surface area contributed by atoms with Crippen molar-refractivity contribution in [2.45, 2.75) is 45.8 Å². The van der Waals surface area contributed by atoms with E-state index in [-0.39, 0.29) is 17.6 Å². The van der Waals surface area contributed by atoms with Crippen molar-refractivity contribution in [2.75, 3.05) is 5.33 Å². The molecule has 1 rings (SSSR count). The molecule has 0 aliphatic rings. The van der Waals surface area contributed by atoms with Crippen LogP contribution in [0.4, 0.5) is 0 Å². The smallest absolute Gasteiger partial charge is 0.251 e. The lowest BCUT2D eigenvalue weighted by Gasteiger charge is -2.25. The van der Waals surface area contributed by atoms with Gasteiger partial charge in [-0.15, -0.1) is 0 Å². The van der Waals surface area contributed by atoms with Crippen LogP contribution in [-0.4, -0.2) is 22.9 Å². The van der Waals surface area contributed by atoms with Gasteiger partial charge < -0.3 is 10.1 Å². The van der Waals surface area contributed by atoms with E-state index in [2.05, 4.69) is 21.2 Å². The summed E-state index contributed by atoms with van der Waals surface area (Å²) in [6.45, 7) is 7.96. The summed E-state index contributed by atoms with van der Waals surface area (Å²) in [5.41, 5.74) is 0.399. The van der Waals surface area contributed by atoms with E-state index in [1.165, 1.54) is 0 Å². The lowest BCUT2D eigenvalue weighted by Crippen LogP contribution is -2.43. The maximum Gasteiger partial charge on any atom is 0.251 e. The minimum atomic E-state index is -0.227. The van der Waals surface area contributed by atoms with Gasteiger partial charge in [-0.2, -0.15) is 0 Å². The number of carbonyl (C=O) groups excluding carboxylic acids is 1. The molecule has 0 saturated heterocycles. The highest BCUT2D eigenvalue weighted by Crippen LogP contribution is 2.17. The minimum Gasteiger partial charge on any atom is -0.491 e. The fourth-order valence-electron chi connectivity index (χ4n) is 1.66. The number of hydrogen-bond acceptors (Lipinski definition) is 2. The first-order valence-electron chi connectivity index (χ1n) is 6.49. The molecule has 0 fully saturated rings. The van der Waals surface area contributed by atoms with Gasteiger partial charge in [0.05, 0.1) is 6.10 Å². The van der Waals surface area contributed by atoms with Crippen LogP contribution in [0.3, 0.4) is 0 Å². The van der Waals surface area contributed by atoms with Gasteiger partial charge in [-0.3, -0.25) is 4.79 Å². The third kappa shape index (κ3) is 5.64. The van der Waals surface area contributed by atoms with Crippen LogP contribution in [-0.2, 0) is 0 Å². The molecule has 0 radical (unpaired) electrons. The normalized spacial score (nSPS) is 11.5. The molecule has 3 nitrogen and oxygen atoms in total. The Morgan fingerprint density at radius 2 is 2.11 bits per heavy atom. The van der Waals surface area contributed by atoms with Crippen LogP contribution in [0.15, 0.2) is 24.3 Å². The molecule has 0 unspecified atom stereocenters. The van der Waals surface area contributed by atoms with E-state index in [9.17, 15) is 4.79 Å². The van der Waals surface area contributed by atoms with E-state index in [1.54, 1.807) is 12.1 Å². The van der Waals surface area contributed by atoms with Crippen molar-refractivity contribution in [1.82, 2.24) is 5.32 Å². The Balaban J connectivity index is 2.77. The fourth-order valence-corrected chi connectivity index (χ4v) is 2.65. The van der Waals surface area contributed by atoms with Crippen molar-refractivity contribution in [2.24, 2.45) is 0 Å². The zero-order valence-electron chi connectivity index (χ0n) is 12.0. The summed E-state index contributed by atoms with van der Waals surface area (Å²) < 4.78 is 5.60.